The molecule has 2 heterocycles. The van der Waals surface area contributed by atoms with Crippen LogP contribution >= 0.6 is 0 Å². The summed E-state index contributed by atoms with van der Waals surface area (Å²) in [5.41, 5.74) is 1.44. The van der Waals surface area contributed by atoms with E-state index in [9.17, 15) is 0 Å². The highest BCUT2D eigenvalue weighted by Crippen LogP contribution is 2.27. The Kier molecular flexibility index (Phi) is 2.47. The molecule has 2 heteroatoms. The minimum absolute atomic E-state index is 0.855. The van der Waals surface area contributed by atoms with Gasteiger partial charge in [-0.2, -0.15) is 0 Å². The molecule has 1 aromatic rings. The number of nitrogens with zero attached hydrogens (tertiary/aromatic N) is 2. The zero-order valence-corrected chi connectivity index (χ0v) is 8.97. The summed E-state index contributed by atoms with van der Waals surface area (Å²) in [7, 11) is 0. The van der Waals surface area contributed by atoms with Crippen molar-refractivity contribution in [1.82, 2.24) is 10.2 Å². The van der Waals surface area contributed by atoms with Gasteiger partial charge in [-0.25, -0.2) is 5.32 Å². The van der Waals surface area contributed by atoms with E-state index in [0.29, 0.717) is 0 Å². The third kappa shape index (κ3) is 1.92. The standard InChI is InChI=1S/C13H17N2/c1-2-4-11(5-3-1)8-15-9-12-6-14-7-13(12)10-15/h1-5,12-13H,6-10H2. The molecular formula is C13H17N2. The molecule has 2 unspecified atom stereocenters. The monoisotopic (exact) mass is 201 g/mol. The van der Waals surface area contributed by atoms with Gasteiger partial charge in [-0.15, -0.1) is 0 Å². The lowest BCUT2D eigenvalue weighted by Crippen LogP contribution is -2.23. The van der Waals surface area contributed by atoms with Crippen molar-refractivity contribution in [2.75, 3.05) is 26.2 Å². The van der Waals surface area contributed by atoms with Crippen LogP contribution in [0.5, 0.6) is 0 Å². The van der Waals surface area contributed by atoms with Crippen LogP contribution in [0.25, 0.3) is 0 Å². The van der Waals surface area contributed by atoms with Gasteiger partial charge in [0, 0.05) is 32.7 Å². The van der Waals surface area contributed by atoms with Crippen molar-refractivity contribution in [2.24, 2.45) is 11.8 Å². The van der Waals surface area contributed by atoms with Crippen LogP contribution in [0.2, 0.25) is 0 Å². The van der Waals surface area contributed by atoms with Gasteiger partial charge in [-0.05, 0) is 17.4 Å². The van der Waals surface area contributed by atoms with E-state index in [2.05, 4.69) is 40.5 Å². The highest BCUT2D eigenvalue weighted by Gasteiger charge is 2.36. The quantitative estimate of drug-likeness (QED) is 0.706. The SMILES string of the molecule is c1ccc(CN2CC3C[N]CC3C2)cc1. The van der Waals surface area contributed by atoms with E-state index in [-0.39, 0.29) is 0 Å². The van der Waals surface area contributed by atoms with E-state index in [1.165, 1.54) is 18.7 Å². The summed E-state index contributed by atoms with van der Waals surface area (Å²) in [5, 5.41) is 4.48. The number of benzene rings is 1. The molecule has 0 spiro atoms. The second kappa shape index (κ2) is 3.95. The van der Waals surface area contributed by atoms with Crippen molar-refractivity contribution < 1.29 is 0 Å². The number of rotatable bonds is 2. The van der Waals surface area contributed by atoms with Crippen LogP contribution in [-0.4, -0.2) is 31.1 Å². The van der Waals surface area contributed by atoms with Gasteiger partial charge in [-0.3, -0.25) is 4.90 Å². The first-order valence-corrected chi connectivity index (χ1v) is 5.81. The van der Waals surface area contributed by atoms with Crippen LogP contribution in [-0.2, 0) is 6.54 Å². The summed E-state index contributed by atoms with van der Waals surface area (Å²) in [6, 6.07) is 10.8. The highest BCUT2D eigenvalue weighted by molar-refractivity contribution is 5.14. The molecule has 2 atom stereocenters. The number of likely N-dealkylation sites (tertiary alicyclic amines) is 1. The molecule has 2 aliphatic rings. The highest BCUT2D eigenvalue weighted by atomic mass is 15.2. The molecule has 2 saturated heterocycles. The van der Waals surface area contributed by atoms with Gasteiger partial charge in [0.15, 0.2) is 0 Å². The number of hydrogen-bond acceptors (Lipinski definition) is 1. The average molecular weight is 201 g/mol. The average Bonchev–Trinajstić information content (AvgIpc) is 2.79. The molecule has 1 radical (unpaired) electrons. The first-order chi connectivity index (χ1) is 7.42. The van der Waals surface area contributed by atoms with Crippen molar-refractivity contribution in [1.29, 1.82) is 0 Å². The van der Waals surface area contributed by atoms with Crippen molar-refractivity contribution in [3.05, 3.63) is 35.9 Å². The van der Waals surface area contributed by atoms with Gasteiger partial charge in [0.2, 0.25) is 0 Å². The Bertz CT molecular complexity index is 311. The van der Waals surface area contributed by atoms with E-state index in [0.717, 1.165) is 31.5 Å². The molecule has 2 fully saturated rings. The van der Waals surface area contributed by atoms with E-state index in [1.54, 1.807) is 0 Å². The fourth-order valence-electron chi connectivity index (χ4n) is 2.83. The first kappa shape index (κ1) is 9.37. The Hall–Kier alpha value is -0.860. The molecule has 0 aromatic heterocycles. The molecule has 0 saturated carbocycles. The fraction of sp³-hybridized carbons (Fsp3) is 0.538. The van der Waals surface area contributed by atoms with E-state index in [4.69, 9.17) is 0 Å². The number of fused-ring (bicyclic) bond motifs is 1. The fourth-order valence-corrected chi connectivity index (χ4v) is 2.83. The van der Waals surface area contributed by atoms with Crippen LogP contribution in [0, 0.1) is 11.8 Å². The Balaban J connectivity index is 1.62. The topological polar surface area (TPSA) is 17.3 Å². The van der Waals surface area contributed by atoms with Gasteiger partial charge < -0.3 is 0 Å². The molecule has 0 bridgehead atoms. The number of hydrogen-bond donors (Lipinski definition) is 0. The minimum atomic E-state index is 0.855. The minimum Gasteiger partial charge on any atom is -0.298 e. The summed E-state index contributed by atoms with van der Waals surface area (Å²) < 4.78 is 0. The Morgan fingerprint density at radius 3 is 2.40 bits per heavy atom. The van der Waals surface area contributed by atoms with Gasteiger partial charge >= 0.3 is 0 Å². The van der Waals surface area contributed by atoms with Crippen LogP contribution < -0.4 is 5.32 Å². The van der Waals surface area contributed by atoms with E-state index >= 15 is 0 Å². The predicted molar refractivity (Wildman–Crippen MR) is 60.6 cm³/mol. The molecule has 0 amide bonds. The van der Waals surface area contributed by atoms with Crippen LogP contribution in [0.4, 0.5) is 0 Å². The molecule has 0 N–H and O–H groups in total. The maximum atomic E-state index is 4.48. The summed E-state index contributed by atoms with van der Waals surface area (Å²) in [6.07, 6.45) is 0. The second-order valence-corrected chi connectivity index (χ2v) is 4.79. The summed E-state index contributed by atoms with van der Waals surface area (Å²) in [6.45, 7) is 5.84. The molecule has 15 heavy (non-hydrogen) atoms. The molecular weight excluding hydrogens is 184 g/mol. The largest absolute Gasteiger partial charge is 0.298 e. The van der Waals surface area contributed by atoms with E-state index in [1.807, 2.05) is 0 Å². The van der Waals surface area contributed by atoms with Crippen LogP contribution in [0.1, 0.15) is 5.56 Å². The van der Waals surface area contributed by atoms with Gasteiger partial charge in [0.05, 0.1) is 0 Å². The van der Waals surface area contributed by atoms with Crippen molar-refractivity contribution in [3.8, 4) is 0 Å². The van der Waals surface area contributed by atoms with Crippen molar-refractivity contribution in [3.63, 3.8) is 0 Å². The lowest BCUT2D eigenvalue weighted by molar-refractivity contribution is 0.305. The van der Waals surface area contributed by atoms with Crippen molar-refractivity contribution in [2.45, 2.75) is 6.54 Å². The zero-order valence-electron chi connectivity index (χ0n) is 8.97. The Morgan fingerprint density at radius 1 is 1.07 bits per heavy atom. The summed E-state index contributed by atoms with van der Waals surface area (Å²) in [4.78, 5) is 2.58. The van der Waals surface area contributed by atoms with Crippen molar-refractivity contribution >= 4 is 0 Å². The van der Waals surface area contributed by atoms with Crippen LogP contribution in [0.3, 0.4) is 0 Å². The Morgan fingerprint density at radius 2 is 1.73 bits per heavy atom. The third-order valence-electron chi connectivity index (χ3n) is 3.63. The smallest absolute Gasteiger partial charge is 0.0233 e. The normalized spacial score (nSPS) is 30.7. The maximum Gasteiger partial charge on any atom is 0.0233 e. The van der Waals surface area contributed by atoms with Gasteiger partial charge in [-0.1, -0.05) is 30.3 Å². The third-order valence-corrected chi connectivity index (χ3v) is 3.63. The lowest BCUT2D eigenvalue weighted by Gasteiger charge is -2.16. The zero-order chi connectivity index (χ0) is 10.1. The summed E-state index contributed by atoms with van der Waals surface area (Å²) >= 11 is 0. The summed E-state index contributed by atoms with van der Waals surface area (Å²) in [5.74, 6) is 1.71. The lowest BCUT2D eigenvalue weighted by atomic mass is 10.0. The molecule has 3 rings (SSSR count). The first-order valence-electron chi connectivity index (χ1n) is 5.81. The van der Waals surface area contributed by atoms with E-state index < -0.39 is 0 Å². The van der Waals surface area contributed by atoms with Gasteiger partial charge in [0.1, 0.15) is 0 Å². The molecule has 2 aliphatic heterocycles. The van der Waals surface area contributed by atoms with Gasteiger partial charge in [0.25, 0.3) is 0 Å². The molecule has 0 aliphatic carbocycles. The van der Waals surface area contributed by atoms with Crippen LogP contribution in [0.15, 0.2) is 30.3 Å². The Labute approximate surface area is 91.3 Å². The molecule has 79 valence electrons. The second-order valence-electron chi connectivity index (χ2n) is 4.79. The molecule has 1 aromatic carbocycles. The maximum absolute atomic E-state index is 4.48. The predicted octanol–water partition coefficient (Wildman–Crippen LogP) is 1.35. The molecule has 2 nitrogen and oxygen atoms in total.